The zero-order valence-corrected chi connectivity index (χ0v) is 13.0. The van der Waals surface area contributed by atoms with Crippen molar-refractivity contribution >= 4 is 15.9 Å². The molecule has 0 aliphatic carbocycles. The zero-order valence-electron chi connectivity index (χ0n) is 11.4. The largest absolute Gasteiger partial charge is 0.494 e. The minimum atomic E-state index is 0.637. The van der Waals surface area contributed by atoms with Gasteiger partial charge in [-0.3, -0.25) is 0 Å². The SMILES string of the molecule is CCOc1ccc(Oc2ccc(CCN)c(Br)c2)cc1. The van der Waals surface area contributed by atoms with E-state index in [0.717, 1.165) is 28.1 Å². The van der Waals surface area contributed by atoms with Crippen molar-refractivity contribution in [2.24, 2.45) is 5.73 Å². The minimum absolute atomic E-state index is 0.637. The van der Waals surface area contributed by atoms with Crippen LogP contribution in [-0.2, 0) is 6.42 Å². The molecule has 4 heteroatoms. The van der Waals surface area contributed by atoms with Gasteiger partial charge in [-0.05, 0) is 61.9 Å². The number of nitrogens with two attached hydrogens (primary N) is 1. The van der Waals surface area contributed by atoms with Crippen LogP contribution >= 0.6 is 15.9 Å². The molecule has 3 nitrogen and oxygen atoms in total. The second-order valence-electron chi connectivity index (χ2n) is 4.30. The van der Waals surface area contributed by atoms with Crippen molar-refractivity contribution in [3.05, 3.63) is 52.5 Å². The third-order valence-corrected chi connectivity index (χ3v) is 3.55. The van der Waals surface area contributed by atoms with Gasteiger partial charge in [-0.25, -0.2) is 0 Å². The van der Waals surface area contributed by atoms with E-state index in [2.05, 4.69) is 15.9 Å². The molecule has 0 aliphatic heterocycles. The van der Waals surface area contributed by atoms with E-state index in [1.54, 1.807) is 0 Å². The van der Waals surface area contributed by atoms with Gasteiger partial charge in [-0.2, -0.15) is 0 Å². The Hall–Kier alpha value is -1.52. The van der Waals surface area contributed by atoms with Crippen molar-refractivity contribution in [1.82, 2.24) is 0 Å². The standard InChI is InChI=1S/C16H18BrNO2/c1-2-19-13-5-7-14(8-6-13)20-15-4-3-12(9-10-18)16(17)11-15/h3-8,11H,2,9-10,18H2,1H3. The highest BCUT2D eigenvalue weighted by Gasteiger charge is 2.03. The van der Waals surface area contributed by atoms with Crippen LogP contribution in [0.5, 0.6) is 17.2 Å². The number of hydrogen-bond acceptors (Lipinski definition) is 3. The molecule has 0 saturated carbocycles. The molecule has 0 atom stereocenters. The summed E-state index contributed by atoms with van der Waals surface area (Å²) in [6.45, 7) is 3.26. The molecular weight excluding hydrogens is 318 g/mol. The number of halogens is 1. The second kappa shape index (κ2) is 7.31. The van der Waals surface area contributed by atoms with Gasteiger partial charge in [0, 0.05) is 4.47 Å². The van der Waals surface area contributed by atoms with Crippen LogP contribution in [0.3, 0.4) is 0 Å². The maximum atomic E-state index is 5.81. The summed E-state index contributed by atoms with van der Waals surface area (Å²) in [7, 11) is 0. The molecule has 2 rings (SSSR count). The Balaban J connectivity index is 2.07. The molecule has 0 radical (unpaired) electrons. The van der Waals surface area contributed by atoms with Gasteiger partial charge in [-0.1, -0.05) is 22.0 Å². The summed E-state index contributed by atoms with van der Waals surface area (Å²) in [5.74, 6) is 2.42. The van der Waals surface area contributed by atoms with Crippen LogP contribution in [0.2, 0.25) is 0 Å². The van der Waals surface area contributed by atoms with E-state index in [1.165, 1.54) is 5.56 Å². The Labute approximate surface area is 127 Å². The Kier molecular flexibility index (Phi) is 5.44. The molecule has 0 aromatic heterocycles. The summed E-state index contributed by atoms with van der Waals surface area (Å²) in [4.78, 5) is 0. The first-order chi connectivity index (χ1) is 9.72. The highest BCUT2D eigenvalue weighted by Crippen LogP contribution is 2.28. The third-order valence-electron chi connectivity index (χ3n) is 2.81. The van der Waals surface area contributed by atoms with Crippen LogP contribution < -0.4 is 15.2 Å². The lowest BCUT2D eigenvalue weighted by molar-refractivity contribution is 0.339. The average molecular weight is 336 g/mol. The molecule has 0 spiro atoms. The Bertz CT molecular complexity index is 555. The van der Waals surface area contributed by atoms with Gasteiger partial charge in [-0.15, -0.1) is 0 Å². The van der Waals surface area contributed by atoms with E-state index in [9.17, 15) is 0 Å². The molecule has 0 saturated heterocycles. The van der Waals surface area contributed by atoms with E-state index in [0.29, 0.717) is 13.2 Å². The quantitative estimate of drug-likeness (QED) is 0.862. The van der Waals surface area contributed by atoms with Gasteiger partial charge in [0.25, 0.3) is 0 Å². The fourth-order valence-electron chi connectivity index (χ4n) is 1.86. The normalized spacial score (nSPS) is 10.3. The van der Waals surface area contributed by atoms with Crippen LogP contribution in [0.25, 0.3) is 0 Å². The van der Waals surface area contributed by atoms with Crippen molar-refractivity contribution < 1.29 is 9.47 Å². The smallest absolute Gasteiger partial charge is 0.128 e. The number of hydrogen-bond donors (Lipinski definition) is 1. The van der Waals surface area contributed by atoms with Gasteiger partial charge in [0.1, 0.15) is 17.2 Å². The predicted octanol–water partition coefficient (Wildman–Crippen LogP) is 4.14. The average Bonchev–Trinajstić information content (AvgIpc) is 2.44. The van der Waals surface area contributed by atoms with Gasteiger partial charge in [0.2, 0.25) is 0 Å². The summed E-state index contributed by atoms with van der Waals surface area (Å²) < 4.78 is 12.2. The van der Waals surface area contributed by atoms with E-state index >= 15 is 0 Å². The van der Waals surface area contributed by atoms with Gasteiger partial charge >= 0.3 is 0 Å². The van der Waals surface area contributed by atoms with Gasteiger partial charge < -0.3 is 15.2 Å². The van der Waals surface area contributed by atoms with Crippen molar-refractivity contribution in [2.45, 2.75) is 13.3 Å². The summed E-state index contributed by atoms with van der Waals surface area (Å²) in [5, 5.41) is 0. The highest BCUT2D eigenvalue weighted by atomic mass is 79.9. The monoisotopic (exact) mass is 335 g/mol. The summed E-state index contributed by atoms with van der Waals surface area (Å²) in [6.07, 6.45) is 0.851. The van der Waals surface area contributed by atoms with E-state index in [1.807, 2.05) is 49.4 Å². The molecule has 0 heterocycles. The summed E-state index contributed by atoms with van der Waals surface area (Å²) in [6, 6.07) is 13.5. The lowest BCUT2D eigenvalue weighted by Gasteiger charge is -2.09. The van der Waals surface area contributed by atoms with Gasteiger partial charge in [0.15, 0.2) is 0 Å². The maximum absolute atomic E-state index is 5.81. The third kappa shape index (κ3) is 3.99. The molecule has 0 bridgehead atoms. The molecule has 0 unspecified atom stereocenters. The fraction of sp³-hybridized carbons (Fsp3) is 0.250. The number of rotatable bonds is 6. The number of benzene rings is 2. The first-order valence-electron chi connectivity index (χ1n) is 6.62. The molecule has 0 amide bonds. The fourth-order valence-corrected chi connectivity index (χ4v) is 2.41. The van der Waals surface area contributed by atoms with Crippen molar-refractivity contribution in [3.8, 4) is 17.2 Å². The lowest BCUT2D eigenvalue weighted by Crippen LogP contribution is -2.03. The first-order valence-corrected chi connectivity index (χ1v) is 7.41. The zero-order chi connectivity index (χ0) is 14.4. The highest BCUT2D eigenvalue weighted by molar-refractivity contribution is 9.10. The molecule has 2 aromatic rings. The van der Waals surface area contributed by atoms with Gasteiger partial charge in [0.05, 0.1) is 6.61 Å². The second-order valence-corrected chi connectivity index (χ2v) is 5.15. The molecule has 0 aliphatic rings. The van der Waals surface area contributed by atoms with Crippen molar-refractivity contribution in [2.75, 3.05) is 13.2 Å². The lowest BCUT2D eigenvalue weighted by atomic mass is 10.1. The van der Waals surface area contributed by atoms with Crippen LogP contribution in [0.4, 0.5) is 0 Å². The number of ether oxygens (including phenoxy) is 2. The van der Waals surface area contributed by atoms with Crippen molar-refractivity contribution in [1.29, 1.82) is 0 Å². The van der Waals surface area contributed by atoms with Crippen LogP contribution in [0.1, 0.15) is 12.5 Å². The topological polar surface area (TPSA) is 44.5 Å². The minimum Gasteiger partial charge on any atom is -0.494 e. The van der Waals surface area contributed by atoms with Crippen LogP contribution in [0.15, 0.2) is 46.9 Å². The van der Waals surface area contributed by atoms with Crippen molar-refractivity contribution in [3.63, 3.8) is 0 Å². The van der Waals surface area contributed by atoms with Crippen LogP contribution in [-0.4, -0.2) is 13.2 Å². The Morgan fingerprint density at radius 2 is 1.65 bits per heavy atom. The predicted molar refractivity (Wildman–Crippen MR) is 84.6 cm³/mol. The molecule has 106 valence electrons. The molecular formula is C16H18BrNO2. The first kappa shape index (κ1) is 14.9. The van der Waals surface area contributed by atoms with Crippen LogP contribution in [0, 0.1) is 0 Å². The van der Waals surface area contributed by atoms with E-state index < -0.39 is 0 Å². The summed E-state index contributed by atoms with van der Waals surface area (Å²) >= 11 is 3.54. The summed E-state index contributed by atoms with van der Waals surface area (Å²) in [5.41, 5.74) is 6.75. The molecule has 2 N–H and O–H groups in total. The Morgan fingerprint density at radius 1 is 1.00 bits per heavy atom. The molecule has 0 fully saturated rings. The maximum Gasteiger partial charge on any atom is 0.128 e. The molecule has 2 aromatic carbocycles. The van der Waals surface area contributed by atoms with E-state index in [4.69, 9.17) is 15.2 Å². The Morgan fingerprint density at radius 3 is 2.25 bits per heavy atom. The molecule has 20 heavy (non-hydrogen) atoms. The van der Waals surface area contributed by atoms with E-state index in [-0.39, 0.29) is 0 Å².